The number of carbonyl (C=O) groups is 1. The number of Topliss-reactive ketones (excluding diaryl/α,β-unsaturated/α-hetero) is 1. The minimum absolute atomic E-state index is 0.0271. The van der Waals surface area contributed by atoms with Crippen molar-refractivity contribution < 1.29 is 13.9 Å². The number of ketones is 1. The van der Waals surface area contributed by atoms with Crippen molar-refractivity contribution in [3.05, 3.63) is 65.5 Å². The smallest absolute Gasteiger partial charge is 0.185 e. The molecule has 0 saturated carbocycles. The Morgan fingerprint density at radius 3 is 2.43 bits per heavy atom. The number of halogens is 2. The van der Waals surface area contributed by atoms with Gasteiger partial charge in [0.2, 0.25) is 0 Å². The quantitative estimate of drug-likeness (QED) is 0.587. The van der Waals surface area contributed by atoms with Gasteiger partial charge in [0.05, 0.1) is 6.10 Å². The Kier molecular flexibility index (Phi) is 4.97. The summed E-state index contributed by atoms with van der Waals surface area (Å²) in [5.74, 6) is 0.0266. The Bertz CT molecular complexity index is 623. The second-order valence-electron chi connectivity index (χ2n) is 4.97. The van der Waals surface area contributed by atoms with Crippen molar-refractivity contribution in [2.24, 2.45) is 0 Å². The molecule has 2 aromatic carbocycles. The summed E-state index contributed by atoms with van der Waals surface area (Å²) < 4.78 is 18.5. The fraction of sp³-hybridized carbons (Fsp3) is 0.235. The van der Waals surface area contributed by atoms with E-state index in [0.29, 0.717) is 16.9 Å². The summed E-state index contributed by atoms with van der Waals surface area (Å²) in [6, 6.07) is 12.5. The Hall–Kier alpha value is -1.87. The molecule has 0 fully saturated rings. The van der Waals surface area contributed by atoms with Gasteiger partial charge in [-0.1, -0.05) is 24.3 Å². The standard InChI is InChI=1S/C17H16ClFO2/c1-11(2)21-15-5-3-4-13(10-15)17(20)16(18)12-6-8-14(19)9-7-12/h3-11,16H,1-2H3. The van der Waals surface area contributed by atoms with Crippen LogP contribution in [0.25, 0.3) is 0 Å². The van der Waals surface area contributed by atoms with Crippen molar-refractivity contribution in [2.45, 2.75) is 25.3 Å². The van der Waals surface area contributed by atoms with Gasteiger partial charge < -0.3 is 4.74 Å². The topological polar surface area (TPSA) is 26.3 Å². The predicted molar refractivity (Wildman–Crippen MR) is 81.5 cm³/mol. The van der Waals surface area contributed by atoms with Crippen LogP contribution in [0.15, 0.2) is 48.5 Å². The van der Waals surface area contributed by atoms with Crippen LogP contribution >= 0.6 is 11.6 Å². The molecule has 0 aliphatic rings. The number of hydrogen-bond donors (Lipinski definition) is 0. The molecule has 0 aromatic heterocycles. The van der Waals surface area contributed by atoms with Crippen LogP contribution in [0, 0.1) is 5.82 Å². The normalized spacial score (nSPS) is 12.2. The molecule has 2 rings (SSSR count). The highest BCUT2D eigenvalue weighted by atomic mass is 35.5. The van der Waals surface area contributed by atoms with Crippen LogP contribution in [-0.2, 0) is 0 Å². The number of rotatable bonds is 5. The number of benzene rings is 2. The summed E-state index contributed by atoms with van der Waals surface area (Å²) in [4.78, 5) is 12.4. The lowest BCUT2D eigenvalue weighted by atomic mass is 10.0. The van der Waals surface area contributed by atoms with Gasteiger partial charge in [0, 0.05) is 5.56 Å². The summed E-state index contributed by atoms with van der Waals surface area (Å²) in [5.41, 5.74) is 1.04. The first-order valence-corrected chi connectivity index (χ1v) is 7.11. The van der Waals surface area contributed by atoms with Gasteiger partial charge >= 0.3 is 0 Å². The zero-order valence-electron chi connectivity index (χ0n) is 11.8. The largest absolute Gasteiger partial charge is 0.491 e. The van der Waals surface area contributed by atoms with E-state index in [1.165, 1.54) is 24.3 Å². The van der Waals surface area contributed by atoms with Crippen LogP contribution in [0.5, 0.6) is 5.75 Å². The molecule has 1 atom stereocenters. The molecule has 0 heterocycles. The van der Waals surface area contributed by atoms with Crippen LogP contribution in [0.1, 0.15) is 35.1 Å². The van der Waals surface area contributed by atoms with E-state index in [1.807, 2.05) is 13.8 Å². The van der Waals surface area contributed by atoms with E-state index in [0.717, 1.165) is 0 Å². The Morgan fingerprint density at radius 1 is 1.14 bits per heavy atom. The van der Waals surface area contributed by atoms with E-state index in [9.17, 15) is 9.18 Å². The second kappa shape index (κ2) is 6.72. The van der Waals surface area contributed by atoms with Crippen LogP contribution < -0.4 is 4.74 Å². The van der Waals surface area contributed by atoms with Gasteiger partial charge in [0.25, 0.3) is 0 Å². The maximum absolute atomic E-state index is 12.9. The lowest BCUT2D eigenvalue weighted by Gasteiger charge is -2.12. The van der Waals surface area contributed by atoms with Crippen molar-refractivity contribution in [3.8, 4) is 5.75 Å². The third-order valence-electron chi connectivity index (χ3n) is 2.88. The van der Waals surface area contributed by atoms with Crippen molar-refractivity contribution in [1.29, 1.82) is 0 Å². The second-order valence-corrected chi connectivity index (χ2v) is 5.41. The maximum Gasteiger partial charge on any atom is 0.185 e. The number of carbonyl (C=O) groups excluding carboxylic acids is 1. The van der Waals surface area contributed by atoms with E-state index in [2.05, 4.69) is 0 Å². The van der Waals surface area contributed by atoms with Crippen molar-refractivity contribution in [3.63, 3.8) is 0 Å². The monoisotopic (exact) mass is 306 g/mol. The van der Waals surface area contributed by atoms with Crippen LogP contribution in [0.2, 0.25) is 0 Å². The van der Waals surface area contributed by atoms with Gasteiger partial charge in [-0.2, -0.15) is 0 Å². The molecule has 1 unspecified atom stereocenters. The molecule has 2 nitrogen and oxygen atoms in total. The van der Waals surface area contributed by atoms with Crippen LogP contribution in [0.3, 0.4) is 0 Å². The molecule has 0 saturated heterocycles. The maximum atomic E-state index is 12.9. The van der Waals surface area contributed by atoms with E-state index in [-0.39, 0.29) is 17.7 Å². The average molecular weight is 307 g/mol. The van der Waals surface area contributed by atoms with Gasteiger partial charge in [-0.05, 0) is 43.7 Å². The highest BCUT2D eigenvalue weighted by Gasteiger charge is 2.20. The third-order valence-corrected chi connectivity index (χ3v) is 3.33. The van der Waals surface area contributed by atoms with E-state index in [4.69, 9.17) is 16.3 Å². The summed E-state index contributed by atoms with van der Waals surface area (Å²) in [5, 5.41) is -0.847. The number of alkyl halides is 1. The van der Waals surface area contributed by atoms with Gasteiger partial charge in [-0.15, -0.1) is 11.6 Å². The fourth-order valence-corrected chi connectivity index (χ4v) is 2.20. The Labute approximate surface area is 128 Å². The fourth-order valence-electron chi connectivity index (χ4n) is 1.92. The SMILES string of the molecule is CC(C)Oc1cccc(C(=O)C(Cl)c2ccc(F)cc2)c1. The van der Waals surface area contributed by atoms with Gasteiger partial charge in [0.1, 0.15) is 16.9 Å². The third kappa shape index (κ3) is 4.05. The minimum atomic E-state index is -0.847. The molecule has 0 spiro atoms. The molecule has 0 N–H and O–H groups in total. The van der Waals surface area contributed by atoms with E-state index < -0.39 is 5.38 Å². The first kappa shape index (κ1) is 15.5. The zero-order chi connectivity index (χ0) is 15.4. The summed E-state index contributed by atoms with van der Waals surface area (Å²) in [6.07, 6.45) is 0.0271. The number of hydrogen-bond acceptors (Lipinski definition) is 2. The molecule has 0 bridgehead atoms. The van der Waals surface area contributed by atoms with Crippen molar-refractivity contribution >= 4 is 17.4 Å². The molecule has 0 amide bonds. The summed E-state index contributed by atoms with van der Waals surface area (Å²) >= 11 is 6.19. The van der Waals surface area contributed by atoms with Gasteiger partial charge in [-0.25, -0.2) is 4.39 Å². The van der Waals surface area contributed by atoms with Gasteiger partial charge in [-0.3, -0.25) is 4.79 Å². The molecule has 0 aliphatic heterocycles. The van der Waals surface area contributed by atoms with E-state index >= 15 is 0 Å². The molecular formula is C17H16ClFO2. The molecule has 0 aliphatic carbocycles. The molecule has 2 aromatic rings. The highest BCUT2D eigenvalue weighted by molar-refractivity contribution is 6.33. The van der Waals surface area contributed by atoms with E-state index in [1.54, 1.807) is 24.3 Å². The Balaban J connectivity index is 2.21. The van der Waals surface area contributed by atoms with Crippen LogP contribution in [-0.4, -0.2) is 11.9 Å². The molecule has 110 valence electrons. The van der Waals surface area contributed by atoms with Crippen LogP contribution in [0.4, 0.5) is 4.39 Å². The highest BCUT2D eigenvalue weighted by Crippen LogP contribution is 2.27. The first-order valence-electron chi connectivity index (χ1n) is 6.68. The summed E-state index contributed by atoms with van der Waals surface area (Å²) in [6.45, 7) is 3.83. The molecule has 21 heavy (non-hydrogen) atoms. The minimum Gasteiger partial charge on any atom is -0.491 e. The van der Waals surface area contributed by atoms with Crippen molar-refractivity contribution in [1.82, 2.24) is 0 Å². The Morgan fingerprint density at radius 2 is 1.81 bits per heavy atom. The number of ether oxygens (including phenoxy) is 1. The molecule has 4 heteroatoms. The summed E-state index contributed by atoms with van der Waals surface area (Å²) in [7, 11) is 0. The zero-order valence-corrected chi connectivity index (χ0v) is 12.6. The molecule has 0 radical (unpaired) electrons. The van der Waals surface area contributed by atoms with Gasteiger partial charge in [0.15, 0.2) is 5.78 Å². The first-order chi connectivity index (χ1) is 9.97. The molecular weight excluding hydrogens is 291 g/mol. The lowest BCUT2D eigenvalue weighted by molar-refractivity contribution is 0.0986. The average Bonchev–Trinajstić information content (AvgIpc) is 2.46. The predicted octanol–water partition coefficient (Wildman–Crippen LogP) is 4.78. The van der Waals surface area contributed by atoms with Crippen molar-refractivity contribution in [2.75, 3.05) is 0 Å². The lowest BCUT2D eigenvalue weighted by Crippen LogP contribution is -2.09.